The number of thiazole rings is 1. The summed E-state index contributed by atoms with van der Waals surface area (Å²) in [6, 6.07) is 0. The number of aryl methyl sites for hydroxylation is 1. The van der Waals surface area contributed by atoms with E-state index < -0.39 is 0 Å². The van der Waals surface area contributed by atoms with E-state index in [0.29, 0.717) is 12.5 Å². The summed E-state index contributed by atoms with van der Waals surface area (Å²) in [6.07, 6.45) is 0.214. The number of ether oxygens (including phenoxy) is 1. The van der Waals surface area contributed by atoms with Crippen LogP contribution >= 0.6 is 11.3 Å². The van der Waals surface area contributed by atoms with E-state index in [1.165, 1.54) is 4.88 Å². The van der Waals surface area contributed by atoms with Gasteiger partial charge >= 0.3 is 0 Å². The Labute approximate surface area is 149 Å². The first-order valence-electron chi connectivity index (χ1n) is 8.83. The van der Waals surface area contributed by atoms with Gasteiger partial charge < -0.3 is 15.4 Å². The lowest BCUT2D eigenvalue weighted by molar-refractivity contribution is -0.0284. The third-order valence-corrected chi connectivity index (χ3v) is 4.83. The number of nitrogens with one attached hydrogen (secondary N) is 2. The van der Waals surface area contributed by atoms with Crippen LogP contribution < -0.4 is 10.6 Å². The summed E-state index contributed by atoms with van der Waals surface area (Å²) in [4.78, 5) is 12.6. The number of guanidine groups is 1. The highest BCUT2D eigenvalue weighted by atomic mass is 32.1. The van der Waals surface area contributed by atoms with Crippen LogP contribution in [-0.2, 0) is 11.3 Å². The molecule has 0 aliphatic carbocycles. The highest BCUT2D eigenvalue weighted by Gasteiger charge is 2.21. The lowest BCUT2D eigenvalue weighted by Crippen LogP contribution is -2.50. The molecule has 0 radical (unpaired) electrons. The van der Waals surface area contributed by atoms with Crippen molar-refractivity contribution in [3.63, 3.8) is 0 Å². The van der Waals surface area contributed by atoms with E-state index in [4.69, 9.17) is 4.74 Å². The van der Waals surface area contributed by atoms with Crippen LogP contribution in [0.2, 0.25) is 0 Å². The molecular weight excluding hydrogens is 322 g/mol. The van der Waals surface area contributed by atoms with Crippen LogP contribution in [0.25, 0.3) is 0 Å². The van der Waals surface area contributed by atoms with Crippen molar-refractivity contribution in [2.24, 2.45) is 10.9 Å². The molecule has 0 saturated carbocycles. The molecule has 0 spiro atoms. The summed E-state index contributed by atoms with van der Waals surface area (Å²) in [5, 5.41) is 6.72. The maximum Gasteiger partial charge on any atom is 0.191 e. The highest BCUT2D eigenvalue weighted by Crippen LogP contribution is 2.13. The number of hydrogen-bond acceptors (Lipinski definition) is 5. The number of aliphatic imine (C=N–C) groups is 1. The van der Waals surface area contributed by atoms with Crippen LogP contribution in [-0.4, -0.2) is 61.3 Å². The molecule has 0 bridgehead atoms. The lowest BCUT2D eigenvalue weighted by Gasteiger charge is -2.34. The average Bonchev–Trinajstić information content (AvgIpc) is 2.95. The van der Waals surface area contributed by atoms with Gasteiger partial charge in [-0.05, 0) is 19.8 Å². The van der Waals surface area contributed by atoms with Gasteiger partial charge in [0.2, 0.25) is 0 Å². The van der Waals surface area contributed by atoms with Gasteiger partial charge in [0.05, 0.1) is 30.5 Å². The van der Waals surface area contributed by atoms with Gasteiger partial charge in [0.25, 0.3) is 0 Å². The van der Waals surface area contributed by atoms with Crippen LogP contribution in [0, 0.1) is 12.8 Å². The fourth-order valence-electron chi connectivity index (χ4n) is 2.77. The van der Waals surface area contributed by atoms with Crippen molar-refractivity contribution in [1.29, 1.82) is 0 Å². The quantitative estimate of drug-likeness (QED) is 0.579. The maximum atomic E-state index is 5.89. The van der Waals surface area contributed by atoms with E-state index in [9.17, 15) is 0 Å². The molecule has 24 heavy (non-hydrogen) atoms. The van der Waals surface area contributed by atoms with Crippen molar-refractivity contribution in [3.05, 3.63) is 16.1 Å². The first-order valence-corrected chi connectivity index (χ1v) is 9.71. The predicted molar refractivity (Wildman–Crippen MR) is 101 cm³/mol. The van der Waals surface area contributed by atoms with Crippen molar-refractivity contribution in [2.75, 3.05) is 39.3 Å². The van der Waals surface area contributed by atoms with Crippen LogP contribution in [0.4, 0.5) is 0 Å². The zero-order valence-corrected chi connectivity index (χ0v) is 16.2. The molecule has 2 rings (SSSR count). The Bertz CT molecular complexity index is 517. The summed E-state index contributed by atoms with van der Waals surface area (Å²) in [5.41, 5.74) is 2.94. The van der Waals surface area contributed by atoms with E-state index in [1.807, 2.05) is 12.4 Å². The minimum absolute atomic E-state index is 0.214. The van der Waals surface area contributed by atoms with Crippen molar-refractivity contribution in [2.45, 2.75) is 40.3 Å². The van der Waals surface area contributed by atoms with Crippen molar-refractivity contribution in [1.82, 2.24) is 20.5 Å². The zero-order valence-electron chi connectivity index (χ0n) is 15.3. The van der Waals surface area contributed by atoms with Gasteiger partial charge in [0.15, 0.2) is 5.96 Å². The third-order valence-electron chi connectivity index (χ3n) is 3.91. The molecule has 6 nitrogen and oxygen atoms in total. The van der Waals surface area contributed by atoms with Crippen LogP contribution in [0.5, 0.6) is 0 Å². The Morgan fingerprint density at radius 2 is 2.33 bits per heavy atom. The minimum atomic E-state index is 0.214. The van der Waals surface area contributed by atoms with Gasteiger partial charge in [0.1, 0.15) is 0 Å². The molecule has 0 aromatic carbocycles. The van der Waals surface area contributed by atoms with Gasteiger partial charge in [-0.2, -0.15) is 0 Å². The van der Waals surface area contributed by atoms with Gasteiger partial charge in [-0.1, -0.05) is 13.8 Å². The number of nitrogens with zero attached hydrogens (tertiary/aromatic N) is 3. The van der Waals surface area contributed by atoms with E-state index in [1.54, 1.807) is 11.3 Å². The zero-order chi connectivity index (χ0) is 17.4. The summed E-state index contributed by atoms with van der Waals surface area (Å²) < 4.78 is 5.89. The second kappa shape index (κ2) is 9.96. The first kappa shape index (κ1) is 19.1. The number of hydrogen-bond donors (Lipinski definition) is 2. The summed E-state index contributed by atoms with van der Waals surface area (Å²) in [5.74, 6) is 1.54. The second-order valence-corrected chi connectivity index (χ2v) is 7.52. The number of rotatable bonds is 7. The van der Waals surface area contributed by atoms with Crippen LogP contribution in [0.1, 0.15) is 31.3 Å². The molecule has 2 heterocycles. The van der Waals surface area contributed by atoms with Gasteiger partial charge in [-0.25, -0.2) is 9.98 Å². The number of aromatic nitrogens is 1. The van der Waals surface area contributed by atoms with Crippen molar-refractivity contribution < 1.29 is 4.74 Å². The van der Waals surface area contributed by atoms with Crippen LogP contribution in [0.15, 0.2) is 10.5 Å². The summed E-state index contributed by atoms with van der Waals surface area (Å²) in [7, 11) is 0. The molecule has 1 aliphatic rings. The Morgan fingerprint density at radius 1 is 1.50 bits per heavy atom. The van der Waals surface area contributed by atoms with E-state index in [0.717, 1.165) is 51.0 Å². The molecule has 2 N–H and O–H groups in total. The molecule has 1 aliphatic heterocycles. The second-order valence-electron chi connectivity index (χ2n) is 6.58. The van der Waals surface area contributed by atoms with Crippen molar-refractivity contribution in [3.8, 4) is 0 Å². The molecule has 1 aromatic heterocycles. The molecule has 7 heteroatoms. The van der Waals surface area contributed by atoms with E-state index >= 15 is 0 Å². The largest absolute Gasteiger partial charge is 0.374 e. The minimum Gasteiger partial charge on any atom is -0.374 e. The molecular formula is C17H31N5OS. The fourth-order valence-corrected chi connectivity index (χ4v) is 3.47. The molecule has 0 amide bonds. The van der Waals surface area contributed by atoms with Crippen LogP contribution in [0.3, 0.4) is 0 Å². The topological polar surface area (TPSA) is 61.8 Å². The van der Waals surface area contributed by atoms with Crippen molar-refractivity contribution >= 4 is 17.3 Å². The fraction of sp³-hybridized carbons (Fsp3) is 0.765. The smallest absolute Gasteiger partial charge is 0.191 e. The SMILES string of the molecule is CCNC(=NCc1scnc1C)NCC1CN(CC(C)C)CCO1. The standard InChI is InChI=1S/C17H31N5OS/c1-5-18-17(20-9-16-14(4)21-12-24-16)19-8-15-11-22(6-7-23-15)10-13(2)3/h12-13,15H,5-11H2,1-4H3,(H2,18,19,20). The number of morpholine rings is 1. The maximum absolute atomic E-state index is 5.89. The van der Waals surface area contributed by atoms with E-state index in [2.05, 4.69) is 46.3 Å². The first-order chi connectivity index (χ1) is 11.6. The average molecular weight is 354 g/mol. The van der Waals surface area contributed by atoms with Gasteiger partial charge in [-0.3, -0.25) is 4.90 Å². The Hall–Kier alpha value is -1.18. The summed E-state index contributed by atoms with van der Waals surface area (Å²) in [6.45, 7) is 14.9. The molecule has 1 fully saturated rings. The molecule has 1 unspecified atom stereocenters. The van der Waals surface area contributed by atoms with E-state index in [-0.39, 0.29) is 6.10 Å². The Kier molecular flexibility index (Phi) is 7.94. The Balaban J connectivity index is 1.83. The predicted octanol–water partition coefficient (Wildman–Crippen LogP) is 1.86. The third kappa shape index (κ3) is 6.37. The van der Waals surface area contributed by atoms with Gasteiger partial charge in [-0.15, -0.1) is 11.3 Å². The monoisotopic (exact) mass is 353 g/mol. The molecule has 1 atom stereocenters. The molecule has 136 valence electrons. The normalized spacial score (nSPS) is 19.7. The molecule has 1 saturated heterocycles. The lowest BCUT2D eigenvalue weighted by atomic mass is 10.2. The molecule has 1 aromatic rings. The van der Waals surface area contributed by atoms with Gasteiger partial charge in [0, 0.05) is 37.6 Å². The Morgan fingerprint density at radius 3 is 3.00 bits per heavy atom. The summed E-state index contributed by atoms with van der Waals surface area (Å²) >= 11 is 1.66. The highest BCUT2D eigenvalue weighted by molar-refractivity contribution is 7.09.